The van der Waals surface area contributed by atoms with E-state index in [1.165, 1.54) is 0 Å². The molecule has 2 N–H and O–H groups in total. The summed E-state index contributed by atoms with van der Waals surface area (Å²) in [5.74, 6) is 0.510. The predicted molar refractivity (Wildman–Crippen MR) is 113 cm³/mol. The molecule has 2 aromatic rings. The average molecular weight is 412 g/mol. The molecule has 0 saturated carbocycles. The van der Waals surface area contributed by atoms with Gasteiger partial charge in [0.15, 0.2) is 0 Å². The van der Waals surface area contributed by atoms with E-state index in [0.717, 1.165) is 37.5 Å². The molecule has 2 amide bonds. The molecule has 3 heterocycles. The van der Waals surface area contributed by atoms with E-state index in [-0.39, 0.29) is 30.5 Å². The van der Waals surface area contributed by atoms with Gasteiger partial charge in [-0.1, -0.05) is 6.07 Å². The summed E-state index contributed by atoms with van der Waals surface area (Å²) in [6.45, 7) is 8.52. The molecule has 160 valence electrons. The second kappa shape index (κ2) is 8.57. The number of hydrogen-bond acceptors (Lipinski definition) is 5. The first-order chi connectivity index (χ1) is 14.4. The van der Waals surface area contributed by atoms with Gasteiger partial charge >= 0.3 is 0 Å². The summed E-state index contributed by atoms with van der Waals surface area (Å²) in [5, 5.41) is 6.07. The molecule has 30 heavy (non-hydrogen) atoms. The predicted octanol–water partition coefficient (Wildman–Crippen LogP) is 1.73. The number of benzene rings is 1. The van der Waals surface area contributed by atoms with E-state index in [2.05, 4.69) is 27.4 Å². The molecule has 2 fully saturated rings. The number of carbonyl (C=O) groups is 2. The normalized spacial score (nSPS) is 23.8. The molecule has 4 rings (SSSR count). The number of aryl methyl sites for hydroxylation is 2. The number of aromatic nitrogens is 2. The van der Waals surface area contributed by atoms with Crippen molar-refractivity contribution in [3.8, 4) is 0 Å². The van der Waals surface area contributed by atoms with Crippen LogP contribution in [-0.4, -0.2) is 64.1 Å². The first-order valence-electron chi connectivity index (χ1n) is 10.4. The topological polar surface area (TPSA) is 88.5 Å². The van der Waals surface area contributed by atoms with Gasteiger partial charge < -0.3 is 19.9 Å². The number of rotatable bonds is 5. The highest BCUT2D eigenvalue weighted by molar-refractivity contribution is 5.97. The number of nitrogens with zero attached hydrogens (tertiary/aromatic N) is 3. The quantitative estimate of drug-likeness (QED) is 0.782. The zero-order valence-corrected chi connectivity index (χ0v) is 17.7. The number of nitrogens with one attached hydrogen (secondary N) is 2. The summed E-state index contributed by atoms with van der Waals surface area (Å²) in [7, 11) is 0. The van der Waals surface area contributed by atoms with Crippen LogP contribution in [0, 0.1) is 13.8 Å². The van der Waals surface area contributed by atoms with Crippen LogP contribution < -0.4 is 10.6 Å². The third-order valence-electron chi connectivity index (χ3n) is 5.94. The van der Waals surface area contributed by atoms with Gasteiger partial charge in [0.1, 0.15) is 12.4 Å². The smallest absolute Gasteiger partial charge is 0.251 e. The van der Waals surface area contributed by atoms with Crippen LogP contribution in [0.2, 0.25) is 0 Å². The summed E-state index contributed by atoms with van der Waals surface area (Å²) >= 11 is 0. The number of amides is 2. The van der Waals surface area contributed by atoms with E-state index in [4.69, 9.17) is 4.74 Å². The molecule has 0 aliphatic carbocycles. The highest BCUT2D eigenvalue weighted by atomic mass is 16.5. The Morgan fingerprint density at radius 2 is 2.10 bits per heavy atom. The SMILES string of the molecule is Cc1ccc(C(=O)N[C@H]2C[C@H]3CO[C@H](C)CN3C2)cc1NC(=O)Cn1ccnc1C. The zero-order valence-electron chi connectivity index (χ0n) is 17.7. The van der Waals surface area contributed by atoms with Crippen LogP contribution in [0.15, 0.2) is 30.6 Å². The molecule has 2 saturated heterocycles. The fourth-order valence-corrected chi connectivity index (χ4v) is 4.23. The van der Waals surface area contributed by atoms with Gasteiger partial charge in [-0.2, -0.15) is 0 Å². The molecule has 0 unspecified atom stereocenters. The van der Waals surface area contributed by atoms with Crippen LogP contribution in [0.25, 0.3) is 0 Å². The molecule has 1 aromatic heterocycles. The number of anilines is 1. The van der Waals surface area contributed by atoms with Gasteiger partial charge in [0.05, 0.1) is 12.7 Å². The van der Waals surface area contributed by atoms with Crippen LogP contribution >= 0.6 is 0 Å². The van der Waals surface area contributed by atoms with Gasteiger partial charge in [-0.15, -0.1) is 0 Å². The highest BCUT2D eigenvalue weighted by Crippen LogP contribution is 2.24. The minimum Gasteiger partial charge on any atom is -0.376 e. The van der Waals surface area contributed by atoms with Gasteiger partial charge in [0.25, 0.3) is 5.91 Å². The average Bonchev–Trinajstić information content (AvgIpc) is 3.28. The lowest BCUT2D eigenvalue weighted by Crippen LogP contribution is -2.45. The number of hydrogen-bond donors (Lipinski definition) is 2. The van der Waals surface area contributed by atoms with Crippen LogP contribution in [-0.2, 0) is 16.1 Å². The third kappa shape index (κ3) is 4.55. The Balaban J connectivity index is 1.38. The Morgan fingerprint density at radius 1 is 1.27 bits per heavy atom. The Morgan fingerprint density at radius 3 is 2.87 bits per heavy atom. The fraction of sp³-hybridized carbons (Fsp3) is 0.500. The number of fused-ring (bicyclic) bond motifs is 1. The van der Waals surface area contributed by atoms with Crippen molar-refractivity contribution in [3.05, 3.63) is 47.5 Å². The van der Waals surface area contributed by atoms with Crippen molar-refractivity contribution in [1.82, 2.24) is 19.8 Å². The van der Waals surface area contributed by atoms with Gasteiger partial charge in [-0.3, -0.25) is 14.5 Å². The minimum absolute atomic E-state index is 0.111. The van der Waals surface area contributed by atoms with E-state index >= 15 is 0 Å². The lowest BCUT2D eigenvalue weighted by Gasteiger charge is -2.33. The van der Waals surface area contributed by atoms with Crippen molar-refractivity contribution < 1.29 is 14.3 Å². The number of imidazole rings is 1. The summed E-state index contributed by atoms with van der Waals surface area (Å²) in [6, 6.07) is 5.90. The van der Waals surface area contributed by atoms with Crippen molar-refractivity contribution in [3.63, 3.8) is 0 Å². The molecule has 8 nitrogen and oxygen atoms in total. The first-order valence-corrected chi connectivity index (χ1v) is 10.4. The van der Waals surface area contributed by atoms with Crippen LogP contribution in [0.5, 0.6) is 0 Å². The van der Waals surface area contributed by atoms with E-state index < -0.39 is 0 Å². The number of carbonyl (C=O) groups excluding carboxylic acids is 2. The van der Waals surface area contributed by atoms with Crippen molar-refractivity contribution >= 4 is 17.5 Å². The lowest BCUT2D eigenvalue weighted by molar-refractivity contribution is -0.116. The Hall–Kier alpha value is -2.71. The highest BCUT2D eigenvalue weighted by Gasteiger charge is 2.36. The second-order valence-electron chi connectivity index (χ2n) is 8.34. The third-order valence-corrected chi connectivity index (χ3v) is 5.94. The Kier molecular flexibility index (Phi) is 5.87. The summed E-state index contributed by atoms with van der Waals surface area (Å²) in [6.07, 6.45) is 4.58. The van der Waals surface area contributed by atoms with Crippen molar-refractivity contribution in [2.45, 2.75) is 51.9 Å². The van der Waals surface area contributed by atoms with Crippen molar-refractivity contribution in [2.75, 3.05) is 25.0 Å². The van der Waals surface area contributed by atoms with Gasteiger partial charge in [0, 0.05) is 48.8 Å². The summed E-state index contributed by atoms with van der Waals surface area (Å²) in [5.41, 5.74) is 2.10. The fourth-order valence-electron chi connectivity index (χ4n) is 4.23. The molecule has 0 bridgehead atoms. The molecule has 0 spiro atoms. The van der Waals surface area contributed by atoms with Crippen molar-refractivity contribution in [1.29, 1.82) is 0 Å². The van der Waals surface area contributed by atoms with Gasteiger partial charge in [-0.25, -0.2) is 4.98 Å². The van der Waals surface area contributed by atoms with E-state index in [9.17, 15) is 9.59 Å². The maximum Gasteiger partial charge on any atom is 0.251 e. The number of ether oxygens (including phenoxy) is 1. The van der Waals surface area contributed by atoms with E-state index in [1.54, 1.807) is 29.1 Å². The summed E-state index contributed by atoms with van der Waals surface area (Å²) in [4.78, 5) is 31.8. The molecule has 2 aliphatic rings. The Bertz CT molecular complexity index is 941. The second-order valence-corrected chi connectivity index (χ2v) is 8.34. The lowest BCUT2D eigenvalue weighted by atomic mass is 10.1. The van der Waals surface area contributed by atoms with Gasteiger partial charge in [-0.05, 0) is 44.9 Å². The van der Waals surface area contributed by atoms with Crippen LogP contribution in [0.1, 0.15) is 35.1 Å². The number of morpholine rings is 1. The zero-order chi connectivity index (χ0) is 21.3. The molecule has 3 atom stereocenters. The van der Waals surface area contributed by atoms with Crippen molar-refractivity contribution in [2.24, 2.45) is 0 Å². The standard InChI is InChI=1S/C22H29N5O3/c1-14-4-5-17(8-20(14)25-21(28)12-26-7-6-23-16(26)3)22(29)24-18-9-19-13-30-15(2)10-27(19)11-18/h4-8,15,18-19H,9-13H2,1-3H3,(H,24,29)(H,25,28)/t15-,18+,19+/m1/s1. The maximum absolute atomic E-state index is 12.8. The molecule has 1 aromatic carbocycles. The van der Waals surface area contributed by atoms with E-state index in [0.29, 0.717) is 17.3 Å². The van der Waals surface area contributed by atoms with Crippen LogP contribution in [0.4, 0.5) is 5.69 Å². The molecular formula is C22H29N5O3. The first kappa shape index (κ1) is 20.6. The molecular weight excluding hydrogens is 382 g/mol. The monoisotopic (exact) mass is 411 g/mol. The minimum atomic E-state index is -0.154. The summed E-state index contributed by atoms with van der Waals surface area (Å²) < 4.78 is 7.52. The maximum atomic E-state index is 12.8. The van der Waals surface area contributed by atoms with Crippen LogP contribution in [0.3, 0.4) is 0 Å². The van der Waals surface area contributed by atoms with Gasteiger partial charge in [0.2, 0.25) is 5.91 Å². The molecule has 8 heteroatoms. The molecule has 2 aliphatic heterocycles. The molecule has 0 radical (unpaired) electrons. The largest absolute Gasteiger partial charge is 0.376 e. The van der Waals surface area contributed by atoms with E-state index in [1.807, 2.05) is 19.9 Å². The Labute approximate surface area is 176 Å².